The quantitative estimate of drug-likeness (QED) is 0.366. The molecule has 0 unspecified atom stereocenters. The van der Waals surface area contributed by atoms with Crippen molar-refractivity contribution in [2.75, 3.05) is 18.0 Å². The Morgan fingerprint density at radius 2 is 2.04 bits per heavy atom. The van der Waals surface area contributed by atoms with Crippen LogP contribution in [0.3, 0.4) is 0 Å². The maximum absolute atomic E-state index is 12.0. The Kier molecular flexibility index (Phi) is 5.75. The van der Waals surface area contributed by atoms with Gasteiger partial charge in [-0.15, -0.1) is 0 Å². The Balaban J connectivity index is 2.07. The van der Waals surface area contributed by atoms with Crippen LogP contribution in [-0.2, 0) is 4.74 Å². The molecule has 1 aliphatic rings. The summed E-state index contributed by atoms with van der Waals surface area (Å²) in [6, 6.07) is 0. The average molecular weight is 460 g/mol. The molecule has 0 radical (unpaired) electrons. The summed E-state index contributed by atoms with van der Waals surface area (Å²) in [6.07, 6.45) is 3.81. The number of anilines is 1. The van der Waals surface area contributed by atoms with Crippen LogP contribution in [0.1, 0.15) is 40.5 Å². The third-order valence-electron chi connectivity index (χ3n) is 4.06. The molecule has 2 heterocycles. The van der Waals surface area contributed by atoms with E-state index in [1.165, 1.54) is 4.57 Å². The zero-order chi connectivity index (χ0) is 18.8. The summed E-state index contributed by atoms with van der Waals surface area (Å²) < 4.78 is 7.50. The molecule has 1 aliphatic heterocycles. The van der Waals surface area contributed by atoms with Crippen LogP contribution in [0.15, 0.2) is 6.20 Å². The van der Waals surface area contributed by atoms with Crippen molar-refractivity contribution < 1.29 is 9.53 Å². The van der Waals surface area contributed by atoms with Crippen molar-refractivity contribution in [2.24, 2.45) is 0 Å². The highest BCUT2D eigenvalue weighted by atomic mass is 127. The minimum atomic E-state index is -0.522. The van der Waals surface area contributed by atoms with E-state index in [2.05, 4.69) is 10.3 Å². The predicted molar refractivity (Wildman–Crippen MR) is 104 cm³/mol. The van der Waals surface area contributed by atoms with E-state index in [1.54, 1.807) is 6.20 Å². The Morgan fingerprint density at radius 3 is 2.56 bits per heavy atom. The Morgan fingerprint density at radius 1 is 1.44 bits per heavy atom. The lowest BCUT2D eigenvalue weighted by Gasteiger charge is -2.40. The van der Waals surface area contributed by atoms with Gasteiger partial charge in [-0.3, -0.25) is 15.4 Å². The summed E-state index contributed by atoms with van der Waals surface area (Å²) in [7, 11) is 0. The van der Waals surface area contributed by atoms with Gasteiger partial charge in [0.25, 0.3) is 0 Å². The van der Waals surface area contributed by atoms with Gasteiger partial charge in [0.05, 0.1) is 9.91 Å². The Hall–Kier alpha value is -1.65. The van der Waals surface area contributed by atoms with E-state index in [1.807, 2.05) is 55.2 Å². The van der Waals surface area contributed by atoms with Gasteiger partial charge in [-0.25, -0.2) is 9.78 Å². The zero-order valence-corrected chi connectivity index (χ0v) is 17.2. The van der Waals surface area contributed by atoms with Crippen molar-refractivity contribution in [3.63, 3.8) is 0 Å². The molecule has 1 aromatic heterocycles. The van der Waals surface area contributed by atoms with Gasteiger partial charge in [0, 0.05) is 24.8 Å². The minimum absolute atomic E-state index is 0.251. The molecular formula is C16H25IN6O2. The summed E-state index contributed by atoms with van der Waals surface area (Å²) in [5, 5.41) is 18.6. The maximum atomic E-state index is 12.0. The zero-order valence-electron chi connectivity index (χ0n) is 15.0. The number of nitrogens with one attached hydrogen (secondary N) is 3. The molecule has 0 spiro atoms. The van der Waals surface area contributed by atoms with Crippen LogP contribution >= 0.6 is 22.6 Å². The van der Waals surface area contributed by atoms with Gasteiger partial charge in [0.1, 0.15) is 11.1 Å². The number of nitrogens with zero attached hydrogens (tertiary/aromatic N) is 3. The number of aromatic nitrogens is 2. The lowest BCUT2D eigenvalue weighted by Crippen LogP contribution is -2.55. The topological polar surface area (TPSA) is 107 Å². The number of carbonyl (C=O) groups is 1. The minimum Gasteiger partial charge on any atom is -0.444 e. The fourth-order valence-corrected chi connectivity index (χ4v) is 3.08. The van der Waals surface area contributed by atoms with Gasteiger partial charge in [-0.05, 0) is 63.1 Å². The highest BCUT2D eigenvalue weighted by molar-refractivity contribution is 14.1. The summed E-state index contributed by atoms with van der Waals surface area (Å²) in [5.74, 6) is 0.583. The number of carbonyl (C=O) groups excluding carboxylic acids is 1. The standard InChI is InChI=1S/C16H25IN6O2/c1-15(2,3)25-14(24)21-16(4)5-7-22(8-6-16)13-20-9-11(17)12(19)23(13)10-18/h9-10,18-19H,5-8H2,1-4H3,(H,21,24). The molecule has 0 aromatic carbocycles. The van der Waals surface area contributed by atoms with Crippen molar-refractivity contribution in [2.45, 2.75) is 51.7 Å². The highest BCUT2D eigenvalue weighted by Crippen LogP contribution is 2.25. The van der Waals surface area contributed by atoms with Crippen molar-refractivity contribution in [3.8, 4) is 0 Å². The number of halogens is 1. The smallest absolute Gasteiger partial charge is 0.408 e. The number of amides is 1. The third kappa shape index (κ3) is 4.93. The van der Waals surface area contributed by atoms with E-state index in [9.17, 15) is 4.79 Å². The second-order valence-electron chi connectivity index (χ2n) is 7.43. The lowest BCUT2D eigenvalue weighted by atomic mass is 9.90. The molecule has 0 atom stereocenters. The van der Waals surface area contributed by atoms with E-state index < -0.39 is 11.7 Å². The molecule has 138 valence electrons. The van der Waals surface area contributed by atoms with Crippen LogP contribution in [0.4, 0.5) is 10.7 Å². The van der Waals surface area contributed by atoms with Crippen molar-refractivity contribution >= 4 is 41.0 Å². The second kappa shape index (κ2) is 7.30. The van der Waals surface area contributed by atoms with Crippen LogP contribution < -0.4 is 15.7 Å². The molecule has 3 N–H and O–H groups in total. The molecule has 0 aliphatic carbocycles. The monoisotopic (exact) mass is 460 g/mol. The summed E-state index contributed by atoms with van der Waals surface area (Å²) in [5.41, 5.74) is -0.617. The van der Waals surface area contributed by atoms with Gasteiger partial charge in [-0.1, -0.05) is 0 Å². The largest absolute Gasteiger partial charge is 0.444 e. The SMILES string of the molecule is CC1(NC(=O)OC(C)(C)C)CCN(c2ncc(I)c(=N)n2C=N)CC1. The number of piperidine rings is 1. The predicted octanol–water partition coefficient (Wildman–Crippen LogP) is 2.31. The maximum Gasteiger partial charge on any atom is 0.408 e. The number of hydrogen-bond donors (Lipinski definition) is 3. The molecule has 0 bridgehead atoms. The fraction of sp³-hybridized carbons (Fsp3) is 0.625. The van der Waals surface area contributed by atoms with Crippen LogP contribution in [0, 0.1) is 14.4 Å². The van der Waals surface area contributed by atoms with Gasteiger partial charge >= 0.3 is 6.09 Å². The van der Waals surface area contributed by atoms with Gasteiger partial charge < -0.3 is 15.0 Å². The normalized spacial score (nSPS) is 17.1. The van der Waals surface area contributed by atoms with E-state index >= 15 is 0 Å². The lowest BCUT2D eigenvalue weighted by molar-refractivity contribution is 0.0448. The first kappa shape index (κ1) is 19.7. The molecule has 8 nitrogen and oxygen atoms in total. The molecule has 9 heteroatoms. The number of alkyl carbamates (subject to hydrolysis) is 1. The van der Waals surface area contributed by atoms with Crippen LogP contribution in [0.5, 0.6) is 0 Å². The average Bonchev–Trinajstić information content (AvgIpc) is 2.48. The van der Waals surface area contributed by atoms with E-state index in [0.717, 1.165) is 19.2 Å². The highest BCUT2D eigenvalue weighted by Gasteiger charge is 2.34. The molecule has 1 amide bonds. The van der Waals surface area contributed by atoms with Gasteiger partial charge in [0.15, 0.2) is 0 Å². The molecule has 1 saturated heterocycles. The second-order valence-corrected chi connectivity index (χ2v) is 8.59. The summed E-state index contributed by atoms with van der Waals surface area (Å²) in [4.78, 5) is 18.5. The Labute approximate surface area is 161 Å². The number of ether oxygens (including phenoxy) is 1. The van der Waals surface area contributed by atoms with Crippen molar-refractivity contribution in [1.82, 2.24) is 14.9 Å². The van der Waals surface area contributed by atoms with Crippen LogP contribution in [0.25, 0.3) is 0 Å². The first-order chi connectivity index (χ1) is 11.5. The molecule has 0 saturated carbocycles. The molecule has 1 fully saturated rings. The molecule has 2 rings (SSSR count). The van der Waals surface area contributed by atoms with E-state index in [4.69, 9.17) is 15.6 Å². The van der Waals surface area contributed by atoms with Crippen molar-refractivity contribution in [3.05, 3.63) is 15.3 Å². The molecule has 1 aromatic rings. The first-order valence-electron chi connectivity index (χ1n) is 8.13. The van der Waals surface area contributed by atoms with Crippen LogP contribution in [0.2, 0.25) is 0 Å². The van der Waals surface area contributed by atoms with E-state index in [0.29, 0.717) is 22.6 Å². The number of hydrogen-bond acceptors (Lipinski definition) is 6. The van der Waals surface area contributed by atoms with E-state index in [-0.39, 0.29) is 11.0 Å². The van der Waals surface area contributed by atoms with Gasteiger partial charge in [0.2, 0.25) is 5.95 Å². The number of rotatable bonds is 3. The third-order valence-corrected chi connectivity index (χ3v) is 4.85. The van der Waals surface area contributed by atoms with Crippen molar-refractivity contribution in [1.29, 1.82) is 10.8 Å². The van der Waals surface area contributed by atoms with Crippen LogP contribution in [-0.4, -0.2) is 46.2 Å². The summed E-state index contributed by atoms with van der Waals surface area (Å²) in [6.45, 7) is 8.88. The summed E-state index contributed by atoms with van der Waals surface area (Å²) >= 11 is 2.04. The molecular weight excluding hydrogens is 435 g/mol. The Bertz CT molecular complexity index is 716. The fourth-order valence-electron chi connectivity index (χ4n) is 2.68. The van der Waals surface area contributed by atoms with Gasteiger partial charge in [-0.2, -0.15) is 0 Å². The first-order valence-corrected chi connectivity index (χ1v) is 9.21. The molecule has 25 heavy (non-hydrogen) atoms.